The van der Waals surface area contributed by atoms with E-state index in [-0.39, 0.29) is 5.41 Å². The number of nitrogens with zero attached hydrogens (tertiary/aromatic N) is 1. The lowest BCUT2D eigenvalue weighted by molar-refractivity contribution is 0.415. The number of aryl methyl sites for hydroxylation is 1. The summed E-state index contributed by atoms with van der Waals surface area (Å²) in [4.78, 5) is 6.21. The molecule has 1 fully saturated rings. The molecule has 4 rings (SSSR count). The van der Waals surface area contributed by atoms with Gasteiger partial charge in [-0.25, -0.2) is 4.98 Å². The van der Waals surface area contributed by atoms with Gasteiger partial charge < -0.3 is 4.74 Å². The van der Waals surface area contributed by atoms with Crippen LogP contribution in [0, 0.1) is 6.92 Å². The lowest BCUT2D eigenvalue weighted by atomic mass is 9.96. The van der Waals surface area contributed by atoms with E-state index < -0.39 is 0 Å². The standard InChI is InChI=1S/C20H17Cl2NOS/c1-12-18(13-6-8-14(24-2)9-7-13)23-19(25-12)20(10-11-20)15-4-3-5-16(21)17(15)22/h3-9H,10-11H2,1-2H3. The van der Waals surface area contributed by atoms with Crippen molar-refractivity contribution in [3.05, 3.63) is 68.0 Å². The molecule has 0 saturated heterocycles. The van der Waals surface area contributed by atoms with Gasteiger partial charge in [-0.05, 0) is 55.7 Å². The fraction of sp³-hybridized carbons (Fsp3) is 0.250. The Bertz CT molecular complexity index is 929. The van der Waals surface area contributed by atoms with E-state index in [0.29, 0.717) is 10.0 Å². The number of hydrogen-bond acceptors (Lipinski definition) is 3. The number of rotatable bonds is 4. The summed E-state index contributed by atoms with van der Waals surface area (Å²) in [6.07, 6.45) is 2.12. The van der Waals surface area contributed by atoms with Gasteiger partial charge >= 0.3 is 0 Å². The maximum Gasteiger partial charge on any atom is 0.118 e. The summed E-state index contributed by atoms with van der Waals surface area (Å²) in [6, 6.07) is 13.9. The predicted molar refractivity (Wildman–Crippen MR) is 105 cm³/mol. The van der Waals surface area contributed by atoms with E-state index in [9.17, 15) is 0 Å². The Kier molecular flexibility index (Phi) is 4.27. The fourth-order valence-corrected chi connectivity index (χ4v) is 4.89. The summed E-state index contributed by atoms with van der Waals surface area (Å²) in [5.74, 6) is 0.848. The Morgan fingerprint density at radius 2 is 1.80 bits per heavy atom. The van der Waals surface area contributed by atoms with Crippen LogP contribution in [-0.2, 0) is 5.41 Å². The number of thiazole rings is 1. The molecule has 1 aliphatic carbocycles. The minimum Gasteiger partial charge on any atom is -0.497 e. The topological polar surface area (TPSA) is 22.1 Å². The normalized spacial score (nSPS) is 15.2. The zero-order chi connectivity index (χ0) is 17.6. The highest BCUT2D eigenvalue weighted by molar-refractivity contribution is 7.12. The molecule has 0 radical (unpaired) electrons. The Balaban J connectivity index is 1.76. The van der Waals surface area contributed by atoms with E-state index >= 15 is 0 Å². The number of benzene rings is 2. The molecule has 1 heterocycles. The minimum absolute atomic E-state index is 0.0812. The highest BCUT2D eigenvalue weighted by Gasteiger charge is 2.50. The van der Waals surface area contributed by atoms with Crippen molar-refractivity contribution < 1.29 is 4.74 Å². The van der Waals surface area contributed by atoms with E-state index in [1.54, 1.807) is 18.4 Å². The summed E-state index contributed by atoms with van der Waals surface area (Å²) in [5.41, 5.74) is 3.15. The molecule has 1 saturated carbocycles. The molecular weight excluding hydrogens is 373 g/mol. The average molecular weight is 390 g/mol. The number of halogens is 2. The van der Waals surface area contributed by atoms with Crippen molar-refractivity contribution in [1.82, 2.24) is 4.98 Å². The third kappa shape index (κ3) is 2.84. The molecule has 0 unspecified atom stereocenters. The van der Waals surface area contributed by atoms with Crippen molar-refractivity contribution in [3.8, 4) is 17.0 Å². The Morgan fingerprint density at radius 3 is 2.44 bits per heavy atom. The molecule has 3 aromatic rings. The zero-order valence-electron chi connectivity index (χ0n) is 14.0. The van der Waals surface area contributed by atoms with Crippen molar-refractivity contribution in [2.75, 3.05) is 7.11 Å². The first-order valence-corrected chi connectivity index (χ1v) is 9.69. The van der Waals surface area contributed by atoms with E-state index in [0.717, 1.165) is 40.4 Å². The first-order valence-electron chi connectivity index (χ1n) is 8.12. The van der Waals surface area contributed by atoms with Crippen LogP contribution in [0.15, 0.2) is 42.5 Å². The monoisotopic (exact) mass is 389 g/mol. The van der Waals surface area contributed by atoms with Crippen molar-refractivity contribution in [2.45, 2.75) is 25.2 Å². The Hall–Kier alpha value is -1.55. The molecule has 0 amide bonds. The van der Waals surface area contributed by atoms with E-state index in [4.69, 9.17) is 32.9 Å². The van der Waals surface area contributed by atoms with Crippen molar-refractivity contribution in [1.29, 1.82) is 0 Å². The molecule has 0 atom stereocenters. The molecule has 2 nitrogen and oxygen atoms in total. The quantitative estimate of drug-likeness (QED) is 0.506. The molecule has 0 bridgehead atoms. The maximum absolute atomic E-state index is 6.50. The van der Waals surface area contributed by atoms with Crippen LogP contribution in [0.5, 0.6) is 5.75 Å². The first-order chi connectivity index (χ1) is 12.0. The lowest BCUT2D eigenvalue weighted by Gasteiger charge is -2.15. The molecule has 5 heteroatoms. The molecule has 0 aliphatic heterocycles. The van der Waals surface area contributed by atoms with Gasteiger partial charge in [-0.3, -0.25) is 0 Å². The fourth-order valence-electron chi connectivity index (χ4n) is 3.21. The van der Waals surface area contributed by atoms with Gasteiger partial charge in [0, 0.05) is 15.9 Å². The van der Waals surface area contributed by atoms with Crippen LogP contribution in [0.4, 0.5) is 0 Å². The molecule has 0 spiro atoms. The van der Waals surface area contributed by atoms with Crippen molar-refractivity contribution in [2.24, 2.45) is 0 Å². The van der Waals surface area contributed by atoms with Gasteiger partial charge in [0.25, 0.3) is 0 Å². The van der Waals surface area contributed by atoms with Crippen LogP contribution in [0.1, 0.15) is 28.3 Å². The largest absolute Gasteiger partial charge is 0.497 e. The Labute approximate surface area is 161 Å². The zero-order valence-corrected chi connectivity index (χ0v) is 16.3. The van der Waals surface area contributed by atoms with Crippen LogP contribution in [0.3, 0.4) is 0 Å². The van der Waals surface area contributed by atoms with Crippen LogP contribution in [0.2, 0.25) is 10.0 Å². The summed E-state index contributed by atoms with van der Waals surface area (Å²) < 4.78 is 5.24. The molecule has 128 valence electrons. The third-order valence-corrected chi connectivity index (χ3v) is 6.78. The van der Waals surface area contributed by atoms with Gasteiger partial charge in [-0.15, -0.1) is 11.3 Å². The molecule has 2 aromatic carbocycles. The second-order valence-corrected chi connectivity index (χ2v) is 8.32. The maximum atomic E-state index is 6.50. The highest BCUT2D eigenvalue weighted by Crippen LogP contribution is 2.57. The second kappa shape index (κ2) is 6.31. The van der Waals surface area contributed by atoms with Gasteiger partial charge in [-0.2, -0.15) is 0 Å². The van der Waals surface area contributed by atoms with Crippen LogP contribution in [0.25, 0.3) is 11.3 Å². The van der Waals surface area contributed by atoms with Gasteiger partial charge in [-0.1, -0.05) is 35.3 Å². The third-order valence-electron chi connectivity index (χ3n) is 4.79. The number of methoxy groups -OCH3 is 1. The minimum atomic E-state index is -0.0812. The summed E-state index contributed by atoms with van der Waals surface area (Å²) in [7, 11) is 1.67. The predicted octanol–water partition coefficient (Wildman–Crippen LogP) is 6.51. The van der Waals surface area contributed by atoms with Crippen LogP contribution in [-0.4, -0.2) is 12.1 Å². The van der Waals surface area contributed by atoms with Crippen molar-refractivity contribution in [3.63, 3.8) is 0 Å². The number of ether oxygens (including phenoxy) is 1. The first kappa shape index (κ1) is 16.9. The molecule has 1 aliphatic rings. The average Bonchev–Trinajstić information content (AvgIpc) is 3.34. The van der Waals surface area contributed by atoms with Crippen LogP contribution < -0.4 is 4.74 Å². The molecule has 0 N–H and O–H groups in total. The highest BCUT2D eigenvalue weighted by atomic mass is 35.5. The van der Waals surface area contributed by atoms with E-state index in [1.807, 2.05) is 24.3 Å². The van der Waals surface area contributed by atoms with E-state index in [1.165, 1.54) is 4.88 Å². The lowest BCUT2D eigenvalue weighted by Crippen LogP contribution is -2.09. The van der Waals surface area contributed by atoms with E-state index in [2.05, 4.69) is 25.1 Å². The van der Waals surface area contributed by atoms with Crippen LogP contribution >= 0.6 is 34.5 Å². The summed E-state index contributed by atoms with van der Waals surface area (Å²) in [6.45, 7) is 2.12. The summed E-state index contributed by atoms with van der Waals surface area (Å²) >= 11 is 14.5. The molecular formula is C20H17Cl2NOS. The van der Waals surface area contributed by atoms with Gasteiger partial charge in [0.2, 0.25) is 0 Å². The Morgan fingerprint density at radius 1 is 1.08 bits per heavy atom. The van der Waals surface area contributed by atoms with Crippen molar-refractivity contribution >= 4 is 34.5 Å². The SMILES string of the molecule is COc1ccc(-c2nc(C3(c4cccc(Cl)c4Cl)CC3)sc2C)cc1. The van der Waals surface area contributed by atoms with Gasteiger partial charge in [0.1, 0.15) is 10.8 Å². The molecule has 1 aromatic heterocycles. The van der Waals surface area contributed by atoms with Gasteiger partial charge in [0.05, 0.1) is 22.8 Å². The summed E-state index contributed by atoms with van der Waals surface area (Å²) in [5, 5.41) is 2.38. The second-order valence-electron chi connectivity index (χ2n) is 6.34. The van der Waals surface area contributed by atoms with Gasteiger partial charge in [0.15, 0.2) is 0 Å². The smallest absolute Gasteiger partial charge is 0.118 e. The molecule has 25 heavy (non-hydrogen) atoms. The number of aromatic nitrogens is 1. The number of hydrogen-bond donors (Lipinski definition) is 0.